The molecule has 0 bridgehead atoms. The summed E-state index contributed by atoms with van der Waals surface area (Å²) in [6, 6.07) is 13.3. The monoisotopic (exact) mass is 450 g/mol. The van der Waals surface area contributed by atoms with Crippen molar-refractivity contribution in [2.45, 2.75) is 13.5 Å². The Balaban J connectivity index is 1.50. The van der Waals surface area contributed by atoms with Crippen LogP contribution in [-0.4, -0.2) is 20.7 Å². The molecular weight excluding hydrogens is 431 g/mol. The van der Waals surface area contributed by atoms with Crippen molar-refractivity contribution in [1.82, 2.24) is 20.1 Å². The zero-order chi connectivity index (χ0) is 22.7. The van der Waals surface area contributed by atoms with Gasteiger partial charge < -0.3 is 10.1 Å². The second-order valence-electron chi connectivity index (χ2n) is 7.24. The lowest BCUT2D eigenvalue weighted by atomic mass is 10.1. The molecule has 0 saturated heterocycles. The largest absolute Gasteiger partial charge is 0.457 e. The van der Waals surface area contributed by atoms with Gasteiger partial charge in [0.15, 0.2) is 0 Å². The number of amides is 1. The first-order chi connectivity index (χ1) is 15.4. The summed E-state index contributed by atoms with van der Waals surface area (Å²) in [5.41, 5.74) is 3.38. The van der Waals surface area contributed by atoms with Gasteiger partial charge in [-0.05, 0) is 42.8 Å². The number of ether oxygens (including phenoxy) is 1. The lowest BCUT2D eigenvalue weighted by Crippen LogP contribution is -2.23. The van der Waals surface area contributed by atoms with Gasteiger partial charge in [0, 0.05) is 48.7 Å². The van der Waals surface area contributed by atoms with E-state index in [1.165, 1.54) is 12.1 Å². The van der Waals surface area contributed by atoms with Crippen LogP contribution in [-0.2, 0) is 13.6 Å². The third-order valence-electron chi connectivity index (χ3n) is 4.93. The number of carbonyl (C=O) groups excluding carboxylic acids is 1. The summed E-state index contributed by atoms with van der Waals surface area (Å²) in [5, 5.41) is 7.01. The second-order valence-corrected chi connectivity index (χ2v) is 7.65. The van der Waals surface area contributed by atoms with Crippen molar-refractivity contribution in [2.24, 2.45) is 7.05 Å². The molecule has 0 aliphatic rings. The number of nitrogens with one attached hydrogen (secondary N) is 1. The molecule has 0 fully saturated rings. The Morgan fingerprint density at radius 3 is 2.81 bits per heavy atom. The molecule has 32 heavy (non-hydrogen) atoms. The van der Waals surface area contributed by atoms with Gasteiger partial charge in [-0.3, -0.25) is 14.5 Å². The van der Waals surface area contributed by atoms with Crippen molar-refractivity contribution in [3.63, 3.8) is 0 Å². The molecule has 4 rings (SSSR count). The number of hydrogen-bond donors (Lipinski definition) is 1. The molecule has 2 aromatic heterocycles. The first-order valence-electron chi connectivity index (χ1n) is 9.85. The fourth-order valence-corrected chi connectivity index (χ4v) is 3.33. The number of nitrogens with zero attached hydrogens (tertiary/aromatic N) is 3. The highest BCUT2D eigenvalue weighted by atomic mass is 35.5. The van der Waals surface area contributed by atoms with Crippen LogP contribution in [0.5, 0.6) is 11.5 Å². The average molecular weight is 451 g/mol. The van der Waals surface area contributed by atoms with Gasteiger partial charge in [-0.1, -0.05) is 23.7 Å². The summed E-state index contributed by atoms with van der Waals surface area (Å²) in [5.74, 6) is 0.344. The third-order valence-corrected chi connectivity index (χ3v) is 5.23. The molecule has 2 aromatic carbocycles. The molecule has 0 aliphatic heterocycles. The molecule has 1 N–H and O–H groups in total. The zero-order valence-electron chi connectivity index (χ0n) is 17.5. The predicted molar refractivity (Wildman–Crippen MR) is 120 cm³/mol. The van der Waals surface area contributed by atoms with Crippen LogP contribution in [0.1, 0.15) is 21.5 Å². The molecule has 0 saturated carbocycles. The highest BCUT2D eigenvalue weighted by Gasteiger charge is 2.14. The number of halogens is 2. The van der Waals surface area contributed by atoms with Crippen molar-refractivity contribution in [1.29, 1.82) is 0 Å². The molecule has 4 aromatic rings. The van der Waals surface area contributed by atoms with E-state index in [1.807, 2.05) is 26.2 Å². The minimum atomic E-state index is -0.520. The Morgan fingerprint density at radius 1 is 1.22 bits per heavy atom. The number of pyridine rings is 1. The average Bonchev–Trinajstić information content (AvgIpc) is 3.22. The molecule has 0 atom stereocenters. The van der Waals surface area contributed by atoms with Crippen molar-refractivity contribution >= 4 is 17.5 Å². The smallest absolute Gasteiger partial charge is 0.251 e. The molecule has 6 nitrogen and oxygen atoms in total. The first kappa shape index (κ1) is 21.5. The summed E-state index contributed by atoms with van der Waals surface area (Å²) < 4.78 is 21.4. The number of benzene rings is 2. The van der Waals surface area contributed by atoms with E-state index in [4.69, 9.17) is 16.3 Å². The standard InChI is InChI=1S/C24H20ClFN4O2/c1-15-19(24(31)28-12-16-6-7-20(25)21(26)10-16)4-3-5-23(15)32-18-8-9-27-22(11-18)17-13-29-30(2)14-17/h3-11,13-14H,12H2,1-2H3,(H,28,31). The van der Waals surface area contributed by atoms with Gasteiger partial charge in [-0.25, -0.2) is 4.39 Å². The van der Waals surface area contributed by atoms with E-state index in [1.54, 1.807) is 47.4 Å². The Bertz CT molecular complexity index is 1290. The van der Waals surface area contributed by atoms with Crippen LogP contribution in [0.15, 0.2) is 67.1 Å². The Hall–Kier alpha value is -3.71. The maximum atomic E-state index is 13.6. The Labute approximate surface area is 189 Å². The summed E-state index contributed by atoms with van der Waals surface area (Å²) in [4.78, 5) is 17.1. The van der Waals surface area contributed by atoms with E-state index in [0.717, 1.165) is 11.3 Å². The topological polar surface area (TPSA) is 69.0 Å². The molecule has 0 aliphatic carbocycles. The molecule has 162 valence electrons. The fraction of sp³-hybridized carbons (Fsp3) is 0.125. The first-order valence-corrected chi connectivity index (χ1v) is 10.2. The van der Waals surface area contributed by atoms with Crippen LogP contribution < -0.4 is 10.1 Å². The predicted octanol–water partition coefficient (Wildman–Crippen LogP) is 5.31. The minimum absolute atomic E-state index is 0.0450. The van der Waals surface area contributed by atoms with Crippen LogP contribution in [0.4, 0.5) is 4.39 Å². The van der Waals surface area contributed by atoms with Crippen molar-refractivity contribution in [2.75, 3.05) is 0 Å². The number of rotatable bonds is 6. The number of aromatic nitrogens is 3. The summed E-state index contributed by atoms with van der Waals surface area (Å²) in [6.07, 6.45) is 5.26. The number of hydrogen-bond acceptors (Lipinski definition) is 4. The normalized spacial score (nSPS) is 10.8. The van der Waals surface area contributed by atoms with Crippen LogP contribution in [0.25, 0.3) is 11.3 Å². The Morgan fingerprint density at radius 2 is 2.06 bits per heavy atom. The molecule has 0 radical (unpaired) electrons. The van der Waals surface area contributed by atoms with Gasteiger partial charge in [0.1, 0.15) is 17.3 Å². The van der Waals surface area contributed by atoms with Gasteiger partial charge in [0.05, 0.1) is 16.9 Å². The maximum absolute atomic E-state index is 13.6. The SMILES string of the molecule is Cc1c(Oc2ccnc(-c3cnn(C)c3)c2)cccc1C(=O)NCc1ccc(Cl)c(F)c1. The number of aryl methyl sites for hydroxylation is 1. The highest BCUT2D eigenvalue weighted by molar-refractivity contribution is 6.30. The lowest BCUT2D eigenvalue weighted by molar-refractivity contribution is 0.0950. The van der Waals surface area contributed by atoms with E-state index >= 15 is 0 Å². The van der Waals surface area contributed by atoms with Gasteiger partial charge >= 0.3 is 0 Å². The van der Waals surface area contributed by atoms with E-state index in [2.05, 4.69) is 15.4 Å². The van der Waals surface area contributed by atoms with E-state index in [9.17, 15) is 9.18 Å². The van der Waals surface area contributed by atoms with Gasteiger partial charge in [0.25, 0.3) is 5.91 Å². The quantitative estimate of drug-likeness (QED) is 0.432. The van der Waals surface area contributed by atoms with E-state index in [0.29, 0.717) is 28.2 Å². The maximum Gasteiger partial charge on any atom is 0.251 e. The van der Waals surface area contributed by atoms with Crippen molar-refractivity contribution in [3.8, 4) is 22.8 Å². The Kier molecular flexibility index (Phi) is 6.18. The minimum Gasteiger partial charge on any atom is -0.457 e. The lowest BCUT2D eigenvalue weighted by Gasteiger charge is -2.13. The summed E-state index contributed by atoms with van der Waals surface area (Å²) in [6.45, 7) is 1.99. The molecule has 8 heteroatoms. The molecule has 2 heterocycles. The van der Waals surface area contributed by atoms with E-state index in [-0.39, 0.29) is 17.5 Å². The molecular formula is C24H20ClFN4O2. The van der Waals surface area contributed by atoms with Gasteiger partial charge in [0.2, 0.25) is 0 Å². The molecule has 0 spiro atoms. The van der Waals surface area contributed by atoms with Gasteiger partial charge in [-0.2, -0.15) is 5.10 Å². The third kappa shape index (κ3) is 4.78. The highest BCUT2D eigenvalue weighted by Crippen LogP contribution is 2.29. The molecule has 1 amide bonds. The fourth-order valence-electron chi connectivity index (χ4n) is 3.21. The van der Waals surface area contributed by atoms with Crippen molar-refractivity contribution in [3.05, 3.63) is 94.7 Å². The van der Waals surface area contributed by atoms with Gasteiger partial charge in [-0.15, -0.1) is 0 Å². The summed E-state index contributed by atoms with van der Waals surface area (Å²) >= 11 is 5.71. The van der Waals surface area contributed by atoms with Crippen LogP contribution in [0.3, 0.4) is 0 Å². The zero-order valence-corrected chi connectivity index (χ0v) is 18.2. The van der Waals surface area contributed by atoms with Crippen LogP contribution >= 0.6 is 11.6 Å². The van der Waals surface area contributed by atoms with Crippen LogP contribution in [0, 0.1) is 12.7 Å². The number of carbonyl (C=O) groups is 1. The van der Waals surface area contributed by atoms with E-state index < -0.39 is 5.82 Å². The second kappa shape index (κ2) is 9.20. The summed E-state index contributed by atoms with van der Waals surface area (Å²) in [7, 11) is 1.84. The van der Waals surface area contributed by atoms with Crippen molar-refractivity contribution < 1.29 is 13.9 Å². The molecule has 0 unspecified atom stereocenters. The van der Waals surface area contributed by atoms with Crippen LogP contribution in [0.2, 0.25) is 5.02 Å².